The van der Waals surface area contributed by atoms with Gasteiger partial charge in [0, 0.05) is 25.1 Å². The lowest BCUT2D eigenvalue weighted by Crippen LogP contribution is -2.27. The second-order valence-electron chi connectivity index (χ2n) is 10.1. The van der Waals surface area contributed by atoms with E-state index in [0.29, 0.717) is 24.5 Å². The maximum absolute atomic E-state index is 12.8. The number of carbonyl (C=O) groups is 3. The maximum atomic E-state index is 12.8. The number of carboxylic acid groups (broad SMARTS) is 1. The van der Waals surface area contributed by atoms with E-state index in [4.69, 9.17) is 14.2 Å². The number of rotatable bonds is 11. The van der Waals surface area contributed by atoms with E-state index in [1.807, 2.05) is 36.4 Å². The largest absolute Gasteiger partial charge is 0.479 e. The van der Waals surface area contributed by atoms with Gasteiger partial charge in [-0.05, 0) is 68.1 Å². The molecule has 1 atom stereocenters. The van der Waals surface area contributed by atoms with Crippen molar-refractivity contribution >= 4 is 23.7 Å². The minimum atomic E-state index is -1.02. The molecule has 0 saturated heterocycles. The van der Waals surface area contributed by atoms with E-state index < -0.39 is 29.7 Å². The highest BCUT2D eigenvalue weighted by molar-refractivity contribution is 5.85. The highest BCUT2D eigenvalue weighted by atomic mass is 16.6. The molecule has 0 aliphatic heterocycles. The second-order valence-corrected chi connectivity index (χ2v) is 10.1. The van der Waals surface area contributed by atoms with Gasteiger partial charge >= 0.3 is 18.0 Å². The Hall–Kier alpha value is -4.17. The molecule has 8 heteroatoms. The molecule has 3 aromatic rings. The van der Waals surface area contributed by atoms with E-state index >= 15 is 0 Å². The first-order chi connectivity index (χ1) is 18.5. The summed E-state index contributed by atoms with van der Waals surface area (Å²) in [5.41, 5.74) is 3.23. The predicted octanol–water partition coefficient (Wildman–Crippen LogP) is 5.80. The van der Waals surface area contributed by atoms with Crippen LogP contribution in [0.5, 0.6) is 5.75 Å². The summed E-state index contributed by atoms with van der Waals surface area (Å²) in [6.45, 7) is 7.40. The number of hydrogen-bond acceptors (Lipinski definition) is 6. The Labute approximate surface area is 228 Å². The van der Waals surface area contributed by atoms with Crippen molar-refractivity contribution in [3.8, 4) is 5.75 Å². The van der Waals surface area contributed by atoms with Crippen LogP contribution in [-0.4, -0.2) is 41.5 Å². The van der Waals surface area contributed by atoms with Gasteiger partial charge in [0.05, 0.1) is 6.42 Å². The number of amides is 1. The van der Waals surface area contributed by atoms with Crippen LogP contribution in [0.1, 0.15) is 49.9 Å². The van der Waals surface area contributed by atoms with Gasteiger partial charge in [0.25, 0.3) is 0 Å². The maximum Gasteiger partial charge on any atom is 0.412 e. The minimum absolute atomic E-state index is 0.0324. The molecule has 0 saturated carbocycles. The molecule has 2 N–H and O–H groups in total. The number of anilines is 1. The van der Waals surface area contributed by atoms with Gasteiger partial charge in [-0.15, -0.1) is 0 Å². The first kappa shape index (κ1) is 29.4. The molecule has 1 amide bonds. The number of carbonyl (C=O) groups excluding carboxylic acids is 2. The van der Waals surface area contributed by atoms with Crippen LogP contribution in [0, 0.1) is 0 Å². The van der Waals surface area contributed by atoms with Crippen LogP contribution in [0.3, 0.4) is 0 Å². The fraction of sp³-hybridized carbons (Fsp3) is 0.323. The molecule has 0 aromatic heterocycles. The first-order valence-electron chi connectivity index (χ1n) is 12.8. The number of hydrogen-bond donors (Lipinski definition) is 2. The van der Waals surface area contributed by atoms with Crippen molar-refractivity contribution in [2.75, 3.05) is 11.9 Å². The van der Waals surface area contributed by atoms with Gasteiger partial charge in [0.1, 0.15) is 11.4 Å². The summed E-state index contributed by atoms with van der Waals surface area (Å²) < 4.78 is 16.4. The summed E-state index contributed by atoms with van der Waals surface area (Å²) in [7, 11) is 0. The third-order valence-electron chi connectivity index (χ3n) is 5.60. The summed E-state index contributed by atoms with van der Waals surface area (Å²) >= 11 is 0. The molecule has 3 aromatic carbocycles. The molecule has 1 unspecified atom stereocenters. The molecule has 39 heavy (non-hydrogen) atoms. The zero-order valence-electron chi connectivity index (χ0n) is 22.7. The van der Waals surface area contributed by atoms with Crippen LogP contribution in [0.25, 0.3) is 0 Å². The molecule has 0 bridgehead atoms. The van der Waals surface area contributed by atoms with E-state index in [9.17, 15) is 19.5 Å². The van der Waals surface area contributed by atoms with Gasteiger partial charge in [-0.1, -0.05) is 54.6 Å². The molecular formula is C31H35NO7. The lowest BCUT2D eigenvalue weighted by molar-refractivity contribution is -0.150. The summed E-state index contributed by atoms with van der Waals surface area (Å²) in [6, 6.07) is 21.9. The molecule has 0 heterocycles. The summed E-state index contributed by atoms with van der Waals surface area (Å²) in [6.07, 6.45) is -0.775. The molecule has 8 nitrogen and oxygen atoms in total. The normalized spacial score (nSPS) is 11.9. The van der Waals surface area contributed by atoms with Crippen molar-refractivity contribution in [2.45, 2.75) is 58.7 Å². The Bertz CT molecular complexity index is 1260. The molecular weight excluding hydrogens is 498 g/mol. The van der Waals surface area contributed by atoms with E-state index in [1.165, 1.54) is 0 Å². The van der Waals surface area contributed by atoms with Crippen LogP contribution in [0.15, 0.2) is 72.8 Å². The van der Waals surface area contributed by atoms with Gasteiger partial charge < -0.3 is 19.3 Å². The van der Waals surface area contributed by atoms with E-state index in [0.717, 1.165) is 22.3 Å². The minimum Gasteiger partial charge on any atom is -0.479 e. The molecule has 0 aliphatic rings. The Morgan fingerprint density at radius 2 is 1.56 bits per heavy atom. The first-order valence-corrected chi connectivity index (χ1v) is 12.8. The number of esters is 1. The second kappa shape index (κ2) is 13.6. The van der Waals surface area contributed by atoms with Crippen molar-refractivity contribution < 1.29 is 33.7 Å². The fourth-order valence-electron chi connectivity index (χ4n) is 3.90. The van der Waals surface area contributed by atoms with Crippen LogP contribution >= 0.6 is 0 Å². The number of nitrogens with one attached hydrogen (secondary N) is 1. The van der Waals surface area contributed by atoms with Crippen LogP contribution in [0.2, 0.25) is 0 Å². The van der Waals surface area contributed by atoms with Crippen molar-refractivity contribution in [1.82, 2.24) is 0 Å². The molecule has 0 spiro atoms. The average molecular weight is 534 g/mol. The van der Waals surface area contributed by atoms with Gasteiger partial charge in [0.2, 0.25) is 0 Å². The van der Waals surface area contributed by atoms with E-state index in [-0.39, 0.29) is 12.8 Å². The number of carboxylic acids is 1. The summed E-state index contributed by atoms with van der Waals surface area (Å²) in [4.78, 5) is 36.4. The smallest absolute Gasteiger partial charge is 0.412 e. The third-order valence-corrected chi connectivity index (χ3v) is 5.60. The Kier molecular flexibility index (Phi) is 10.2. The molecule has 3 rings (SSSR count). The molecule has 0 radical (unpaired) electrons. The lowest BCUT2D eigenvalue weighted by atomic mass is 9.99. The Morgan fingerprint density at radius 1 is 0.897 bits per heavy atom. The van der Waals surface area contributed by atoms with E-state index in [1.54, 1.807) is 64.1 Å². The van der Waals surface area contributed by atoms with Crippen molar-refractivity contribution in [2.24, 2.45) is 0 Å². The van der Waals surface area contributed by atoms with Crippen molar-refractivity contribution in [3.05, 3.63) is 95.1 Å². The number of benzene rings is 3. The standard InChI is InChI=1S/C31H35NO7/c1-5-37-27(29(34)35)19-23-13-16-26(24(18-23)17-21-9-7-6-8-10-21)38-28(33)20-22-11-14-25(15-12-22)32-30(36)39-31(2,3)4/h6-16,18,27H,5,17,19-20H2,1-4H3,(H,32,36)(H,34,35). The molecule has 0 fully saturated rings. The zero-order valence-corrected chi connectivity index (χ0v) is 22.7. The van der Waals surface area contributed by atoms with Crippen LogP contribution in [0.4, 0.5) is 10.5 Å². The summed E-state index contributed by atoms with van der Waals surface area (Å²) in [5, 5.41) is 12.1. The predicted molar refractivity (Wildman–Crippen MR) is 148 cm³/mol. The fourth-order valence-corrected chi connectivity index (χ4v) is 3.90. The average Bonchev–Trinajstić information content (AvgIpc) is 2.86. The summed E-state index contributed by atoms with van der Waals surface area (Å²) in [5.74, 6) is -1.05. The topological polar surface area (TPSA) is 111 Å². The molecule has 0 aliphatic carbocycles. The highest BCUT2D eigenvalue weighted by Crippen LogP contribution is 2.25. The lowest BCUT2D eigenvalue weighted by Gasteiger charge is -2.19. The van der Waals surface area contributed by atoms with Crippen molar-refractivity contribution in [1.29, 1.82) is 0 Å². The van der Waals surface area contributed by atoms with Gasteiger partial charge in [-0.25, -0.2) is 9.59 Å². The Morgan fingerprint density at radius 3 is 2.18 bits per heavy atom. The van der Waals surface area contributed by atoms with E-state index in [2.05, 4.69) is 5.32 Å². The number of ether oxygens (including phenoxy) is 3. The van der Waals surface area contributed by atoms with Crippen molar-refractivity contribution in [3.63, 3.8) is 0 Å². The molecule has 206 valence electrons. The quantitative estimate of drug-likeness (QED) is 0.237. The number of aliphatic carboxylic acids is 1. The van der Waals surface area contributed by atoms with Gasteiger partial charge in [0.15, 0.2) is 6.10 Å². The SMILES string of the molecule is CCOC(Cc1ccc(OC(=O)Cc2ccc(NC(=O)OC(C)(C)C)cc2)c(Cc2ccccc2)c1)C(=O)O. The van der Waals surface area contributed by atoms with Crippen LogP contribution in [-0.2, 0) is 38.3 Å². The Balaban J connectivity index is 1.71. The van der Waals surface area contributed by atoms with Crippen LogP contribution < -0.4 is 10.1 Å². The van der Waals surface area contributed by atoms with Gasteiger partial charge in [-0.3, -0.25) is 10.1 Å². The zero-order chi connectivity index (χ0) is 28.4. The van der Waals surface area contributed by atoms with Gasteiger partial charge in [-0.2, -0.15) is 0 Å². The highest BCUT2D eigenvalue weighted by Gasteiger charge is 2.20. The third kappa shape index (κ3) is 9.90. The monoisotopic (exact) mass is 533 g/mol.